The van der Waals surface area contributed by atoms with E-state index >= 15 is 0 Å². The lowest BCUT2D eigenvalue weighted by molar-refractivity contribution is 0.643. The predicted molar refractivity (Wildman–Crippen MR) is 64.1 cm³/mol. The minimum absolute atomic E-state index is 0.528. The summed E-state index contributed by atoms with van der Waals surface area (Å²) in [5, 5.41) is 4.24. The molecule has 0 radical (unpaired) electrons. The van der Waals surface area contributed by atoms with Gasteiger partial charge in [0.25, 0.3) is 0 Å². The highest BCUT2D eigenvalue weighted by Gasteiger charge is 2.18. The van der Waals surface area contributed by atoms with Crippen LogP contribution in [0.5, 0.6) is 0 Å². The van der Waals surface area contributed by atoms with Crippen molar-refractivity contribution in [3.05, 3.63) is 32.8 Å². The van der Waals surface area contributed by atoms with Crippen LogP contribution in [-0.4, -0.2) is 13.1 Å². The summed E-state index contributed by atoms with van der Waals surface area (Å²) in [6.07, 6.45) is 1.09. The zero-order valence-electron chi connectivity index (χ0n) is 8.11. The minimum Gasteiger partial charge on any atom is -0.316 e. The van der Waals surface area contributed by atoms with Crippen molar-refractivity contribution in [1.82, 2.24) is 5.32 Å². The maximum atomic E-state index is 6.10. The normalized spacial score (nSPS) is 21.5. The van der Waals surface area contributed by atoms with Gasteiger partial charge in [0.05, 0.1) is 5.02 Å². The molecule has 0 bridgehead atoms. The molecule has 0 aromatic heterocycles. The zero-order chi connectivity index (χ0) is 10.1. The maximum absolute atomic E-state index is 6.10. The lowest BCUT2D eigenvalue weighted by Gasteiger charge is -2.15. The van der Waals surface area contributed by atoms with Gasteiger partial charge in [0.1, 0.15) is 0 Å². The molecule has 0 amide bonds. The first-order valence-electron chi connectivity index (χ1n) is 4.87. The minimum atomic E-state index is 0.528. The molecule has 0 fully saturated rings. The summed E-state index contributed by atoms with van der Waals surface area (Å²) in [7, 11) is 0. The van der Waals surface area contributed by atoms with Gasteiger partial charge >= 0.3 is 0 Å². The molecule has 1 N–H and O–H groups in total. The van der Waals surface area contributed by atoms with Crippen LogP contribution in [-0.2, 0) is 6.42 Å². The van der Waals surface area contributed by atoms with Gasteiger partial charge in [0, 0.05) is 11.0 Å². The van der Waals surface area contributed by atoms with Gasteiger partial charge in [-0.05, 0) is 52.0 Å². The number of rotatable bonds is 0. The third-order valence-corrected chi connectivity index (χ3v) is 4.13. The molecule has 0 unspecified atom stereocenters. The van der Waals surface area contributed by atoms with E-state index in [-0.39, 0.29) is 0 Å². The third kappa shape index (κ3) is 1.83. The van der Waals surface area contributed by atoms with Gasteiger partial charge in [-0.2, -0.15) is 0 Å². The van der Waals surface area contributed by atoms with Gasteiger partial charge in [-0.15, -0.1) is 0 Å². The van der Waals surface area contributed by atoms with E-state index in [1.165, 1.54) is 11.1 Å². The van der Waals surface area contributed by atoms with Gasteiger partial charge in [-0.3, -0.25) is 0 Å². The number of fused-ring (bicyclic) bond motifs is 1. The van der Waals surface area contributed by atoms with Crippen molar-refractivity contribution in [1.29, 1.82) is 0 Å². The van der Waals surface area contributed by atoms with E-state index in [1.807, 2.05) is 6.07 Å². The van der Waals surface area contributed by atoms with Crippen molar-refractivity contribution >= 4 is 27.5 Å². The van der Waals surface area contributed by atoms with Gasteiger partial charge in [0.15, 0.2) is 0 Å². The number of hydrogen-bond acceptors (Lipinski definition) is 1. The summed E-state index contributed by atoms with van der Waals surface area (Å²) in [5.74, 6) is 0.528. The smallest absolute Gasteiger partial charge is 0.0551 e. The molecule has 3 heteroatoms. The van der Waals surface area contributed by atoms with E-state index in [4.69, 9.17) is 11.6 Å². The number of halogens is 2. The molecule has 1 aromatic carbocycles. The molecular weight excluding hydrogens is 261 g/mol. The van der Waals surface area contributed by atoms with Crippen LogP contribution >= 0.6 is 27.5 Å². The van der Waals surface area contributed by atoms with Gasteiger partial charge in [-0.25, -0.2) is 0 Å². The van der Waals surface area contributed by atoms with E-state index in [0.29, 0.717) is 5.92 Å². The summed E-state index contributed by atoms with van der Waals surface area (Å²) in [5.41, 5.74) is 2.79. The SMILES string of the molecule is C[C@@H]1CNCCc2ccc(Cl)c(Br)c21. The topological polar surface area (TPSA) is 12.0 Å². The predicted octanol–water partition coefficient (Wildman–Crippen LogP) is 3.35. The monoisotopic (exact) mass is 273 g/mol. The summed E-state index contributed by atoms with van der Waals surface area (Å²) in [6, 6.07) is 4.12. The van der Waals surface area contributed by atoms with Crippen molar-refractivity contribution in [3.63, 3.8) is 0 Å². The van der Waals surface area contributed by atoms with Crippen LogP contribution in [0.4, 0.5) is 0 Å². The standard InChI is InChI=1S/C11H13BrClN/c1-7-6-14-5-4-8-2-3-9(13)11(12)10(7)8/h2-3,7,14H,4-6H2,1H3/t7-/m1/s1. The van der Waals surface area contributed by atoms with Crippen LogP contribution < -0.4 is 5.32 Å². The summed E-state index contributed by atoms with van der Waals surface area (Å²) in [6.45, 7) is 4.33. The highest BCUT2D eigenvalue weighted by Crippen LogP contribution is 2.35. The van der Waals surface area contributed by atoms with Gasteiger partial charge in [0.2, 0.25) is 0 Å². The molecule has 0 saturated heterocycles. The fraction of sp³-hybridized carbons (Fsp3) is 0.455. The molecule has 1 atom stereocenters. The molecule has 1 aromatic rings. The van der Waals surface area contributed by atoms with Crippen LogP contribution in [0.15, 0.2) is 16.6 Å². The molecule has 14 heavy (non-hydrogen) atoms. The Bertz CT molecular complexity index is 351. The zero-order valence-corrected chi connectivity index (χ0v) is 10.5. The molecule has 1 heterocycles. The highest BCUT2D eigenvalue weighted by molar-refractivity contribution is 9.10. The summed E-state index contributed by atoms with van der Waals surface area (Å²) in [4.78, 5) is 0. The molecule has 76 valence electrons. The largest absolute Gasteiger partial charge is 0.316 e. The van der Waals surface area contributed by atoms with Crippen molar-refractivity contribution in [2.75, 3.05) is 13.1 Å². The lowest BCUT2D eigenvalue weighted by atomic mass is 9.95. The van der Waals surface area contributed by atoms with Crippen LogP contribution in [0.1, 0.15) is 24.0 Å². The Hall–Kier alpha value is -0.0500. The van der Waals surface area contributed by atoms with E-state index in [2.05, 4.69) is 34.2 Å². The van der Waals surface area contributed by atoms with E-state index < -0.39 is 0 Å². The van der Waals surface area contributed by atoms with E-state index in [9.17, 15) is 0 Å². The number of benzene rings is 1. The lowest BCUT2D eigenvalue weighted by Crippen LogP contribution is -2.18. The molecule has 2 rings (SSSR count). The quantitative estimate of drug-likeness (QED) is 0.765. The first-order chi connectivity index (χ1) is 6.70. The second-order valence-electron chi connectivity index (χ2n) is 3.79. The molecule has 1 aliphatic heterocycles. The van der Waals surface area contributed by atoms with Crippen molar-refractivity contribution < 1.29 is 0 Å². The first kappa shape index (κ1) is 10.5. The van der Waals surface area contributed by atoms with Crippen LogP contribution in [0, 0.1) is 0 Å². The molecule has 0 spiro atoms. The second kappa shape index (κ2) is 4.21. The molecular formula is C11H13BrClN. The molecule has 0 aliphatic carbocycles. The van der Waals surface area contributed by atoms with Crippen LogP contribution in [0.3, 0.4) is 0 Å². The van der Waals surface area contributed by atoms with Crippen molar-refractivity contribution in [2.45, 2.75) is 19.3 Å². The third-order valence-electron chi connectivity index (χ3n) is 2.74. The van der Waals surface area contributed by atoms with Crippen LogP contribution in [0.25, 0.3) is 0 Å². The van der Waals surface area contributed by atoms with Crippen LogP contribution in [0.2, 0.25) is 5.02 Å². The highest BCUT2D eigenvalue weighted by atomic mass is 79.9. The van der Waals surface area contributed by atoms with Gasteiger partial charge < -0.3 is 5.32 Å². The Balaban J connectivity index is 2.54. The maximum Gasteiger partial charge on any atom is 0.0551 e. The van der Waals surface area contributed by atoms with Gasteiger partial charge in [-0.1, -0.05) is 24.6 Å². The Morgan fingerprint density at radius 3 is 3.07 bits per heavy atom. The Kier molecular flexibility index (Phi) is 3.15. The summed E-state index contributed by atoms with van der Waals surface area (Å²) >= 11 is 9.68. The molecule has 1 nitrogen and oxygen atoms in total. The van der Waals surface area contributed by atoms with Crippen molar-refractivity contribution in [2.24, 2.45) is 0 Å². The fourth-order valence-electron chi connectivity index (χ4n) is 2.00. The number of nitrogens with one attached hydrogen (secondary N) is 1. The Labute approximate surface area is 98.0 Å². The Morgan fingerprint density at radius 1 is 1.50 bits per heavy atom. The van der Waals surface area contributed by atoms with E-state index in [1.54, 1.807) is 0 Å². The fourth-order valence-corrected chi connectivity index (χ4v) is 2.94. The Morgan fingerprint density at radius 2 is 2.29 bits per heavy atom. The second-order valence-corrected chi connectivity index (χ2v) is 4.99. The van der Waals surface area contributed by atoms with Crippen molar-refractivity contribution in [3.8, 4) is 0 Å². The average Bonchev–Trinajstić information content (AvgIpc) is 2.35. The molecule has 1 aliphatic rings. The number of hydrogen-bond donors (Lipinski definition) is 1. The van der Waals surface area contributed by atoms with E-state index in [0.717, 1.165) is 29.0 Å². The summed E-state index contributed by atoms with van der Waals surface area (Å²) < 4.78 is 1.08. The first-order valence-corrected chi connectivity index (χ1v) is 6.04. The average molecular weight is 275 g/mol. The molecule has 0 saturated carbocycles.